The quantitative estimate of drug-likeness (QED) is 0.280. The Morgan fingerprint density at radius 2 is 1.65 bits per heavy atom. The normalized spacial score (nSPS) is 10.9. The van der Waals surface area contributed by atoms with Gasteiger partial charge in [0.25, 0.3) is 5.56 Å². The molecule has 7 heteroatoms. The zero-order valence-electron chi connectivity index (χ0n) is 19.5. The fourth-order valence-corrected chi connectivity index (χ4v) is 4.69. The van der Waals surface area contributed by atoms with Crippen molar-refractivity contribution in [2.24, 2.45) is 0 Å². The summed E-state index contributed by atoms with van der Waals surface area (Å²) in [5, 5.41) is 4.07. The van der Waals surface area contributed by atoms with Crippen LogP contribution >= 0.6 is 11.8 Å². The van der Waals surface area contributed by atoms with Crippen molar-refractivity contribution in [1.82, 2.24) is 9.55 Å². The second-order valence-electron chi connectivity index (χ2n) is 7.75. The van der Waals surface area contributed by atoms with Gasteiger partial charge in [0, 0.05) is 5.69 Å². The van der Waals surface area contributed by atoms with E-state index < -0.39 is 0 Å². The Morgan fingerprint density at radius 3 is 2.29 bits per heavy atom. The Bertz CT molecular complexity index is 1360. The van der Waals surface area contributed by atoms with Crippen molar-refractivity contribution in [3.8, 4) is 11.4 Å². The number of nitrogens with zero attached hydrogens (tertiary/aromatic N) is 2. The van der Waals surface area contributed by atoms with Gasteiger partial charge in [-0.25, -0.2) is 4.98 Å². The average Bonchev–Trinajstić information content (AvgIpc) is 2.88. The number of aryl methyl sites for hydroxylation is 2. The zero-order chi connectivity index (χ0) is 24.1. The molecule has 0 spiro atoms. The van der Waals surface area contributed by atoms with Gasteiger partial charge in [0.2, 0.25) is 5.91 Å². The number of para-hydroxylation sites is 2. The van der Waals surface area contributed by atoms with Crippen molar-refractivity contribution in [2.45, 2.75) is 31.8 Å². The molecule has 0 fully saturated rings. The van der Waals surface area contributed by atoms with Crippen molar-refractivity contribution < 1.29 is 9.53 Å². The van der Waals surface area contributed by atoms with Gasteiger partial charge in [-0.3, -0.25) is 14.2 Å². The van der Waals surface area contributed by atoms with E-state index in [1.165, 1.54) is 11.8 Å². The van der Waals surface area contributed by atoms with Gasteiger partial charge < -0.3 is 10.1 Å². The summed E-state index contributed by atoms with van der Waals surface area (Å²) >= 11 is 1.24. The molecule has 6 nitrogen and oxygen atoms in total. The number of fused-ring (bicyclic) bond motifs is 1. The maximum absolute atomic E-state index is 13.4. The number of hydrogen-bond donors (Lipinski definition) is 1. The summed E-state index contributed by atoms with van der Waals surface area (Å²) in [6, 6.07) is 20.6. The Hall–Kier alpha value is -3.58. The fourth-order valence-electron chi connectivity index (χ4n) is 3.88. The number of nitrogens with one attached hydrogen (secondary N) is 1. The maximum Gasteiger partial charge on any atom is 0.266 e. The number of rotatable bonds is 8. The van der Waals surface area contributed by atoms with E-state index in [2.05, 4.69) is 19.2 Å². The number of carbonyl (C=O) groups excluding carboxylic acids is 1. The van der Waals surface area contributed by atoms with Gasteiger partial charge in [-0.15, -0.1) is 0 Å². The summed E-state index contributed by atoms with van der Waals surface area (Å²) in [6.45, 7) is 4.15. The molecular formula is C27H27N3O3S. The van der Waals surface area contributed by atoms with Gasteiger partial charge >= 0.3 is 0 Å². The van der Waals surface area contributed by atoms with Crippen LogP contribution in [0, 0.1) is 0 Å². The van der Waals surface area contributed by atoms with Gasteiger partial charge in [0.15, 0.2) is 5.16 Å². The lowest BCUT2D eigenvalue weighted by molar-refractivity contribution is -0.113. The number of thioether (sulfide) groups is 1. The molecule has 0 atom stereocenters. The molecule has 0 bridgehead atoms. The zero-order valence-corrected chi connectivity index (χ0v) is 20.3. The van der Waals surface area contributed by atoms with Crippen LogP contribution in [0.5, 0.6) is 5.75 Å². The van der Waals surface area contributed by atoms with E-state index in [1.54, 1.807) is 29.9 Å². The van der Waals surface area contributed by atoms with E-state index in [9.17, 15) is 9.59 Å². The lowest BCUT2D eigenvalue weighted by Gasteiger charge is -2.15. The second kappa shape index (κ2) is 10.6. The van der Waals surface area contributed by atoms with Gasteiger partial charge in [-0.2, -0.15) is 0 Å². The highest BCUT2D eigenvalue weighted by Gasteiger charge is 2.16. The largest absolute Gasteiger partial charge is 0.497 e. The van der Waals surface area contributed by atoms with Crippen molar-refractivity contribution >= 4 is 34.3 Å². The second-order valence-corrected chi connectivity index (χ2v) is 8.69. The molecule has 1 aromatic heterocycles. The molecule has 0 unspecified atom stereocenters. The van der Waals surface area contributed by atoms with E-state index in [1.807, 2.05) is 48.5 Å². The number of benzene rings is 3. The number of carbonyl (C=O) groups is 1. The summed E-state index contributed by atoms with van der Waals surface area (Å²) < 4.78 is 6.80. The molecule has 4 aromatic rings. The highest BCUT2D eigenvalue weighted by atomic mass is 32.2. The van der Waals surface area contributed by atoms with Crippen molar-refractivity contribution in [3.05, 3.63) is 88.2 Å². The van der Waals surface area contributed by atoms with E-state index in [0.29, 0.717) is 27.5 Å². The number of methoxy groups -OCH3 is 1. The number of amides is 1. The molecule has 3 aromatic carbocycles. The molecule has 0 saturated carbocycles. The lowest BCUT2D eigenvalue weighted by Crippen LogP contribution is -2.23. The third-order valence-corrected chi connectivity index (χ3v) is 6.61. The maximum atomic E-state index is 13.4. The van der Waals surface area contributed by atoms with Gasteiger partial charge in [0.1, 0.15) is 5.75 Å². The smallest absolute Gasteiger partial charge is 0.266 e. The van der Waals surface area contributed by atoms with Gasteiger partial charge in [0.05, 0.1) is 29.5 Å². The molecule has 0 saturated heterocycles. The fraction of sp³-hybridized carbons (Fsp3) is 0.222. The Balaban J connectivity index is 1.66. The first-order chi connectivity index (χ1) is 16.5. The molecule has 1 heterocycles. The summed E-state index contributed by atoms with van der Waals surface area (Å²) in [5.41, 5.74) is 4.19. The molecule has 0 aliphatic carbocycles. The SMILES string of the molecule is CCc1cccc(CC)c1NC(=O)CSc1nc2ccccc2c(=O)n1-c1ccc(OC)cc1. The monoisotopic (exact) mass is 473 g/mol. The minimum absolute atomic E-state index is 0.127. The van der Waals surface area contributed by atoms with Crippen molar-refractivity contribution in [3.63, 3.8) is 0 Å². The average molecular weight is 474 g/mol. The molecule has 4 rings (SSSR count). The van der Waals surface area contributed by atoms with Crippen LogP contribution in [0.4, 0.5) is 5.69 Å². The van der Waals surface area contributed by atoms with Crippen LogP contribution in [0.3, 0.4) is 0 Å². The molecule has 0 aliphatic rings. The highest BCUT2D eigenvalue weighted by Crippen LogP contribution is 2.25. The van der Waals surface area contributed by atoms with Crippen LogP contribution in [-0.4, -0.2) is 28.3 Å². The predicted octanol–water partition coefficient (Wildman–Crippen LogP) is 5.25. The third-order valence-electron chi connectivity index (χ3n) is 5.67. The minimum Gasteiger partial charge on any atom is -0.497 e. The number of aromatic nitrogens is 2. The third kappa shape index (κ3) is 4.84. The summed E-state index contributed by atoms with van der Waals surface area (Å²) in [7, 11) is 1.60. The van der Waals surface area contributed by atoms with Crippen molar-refractivity contribution in [2.75, 3.05) is 18.2 Å². The Kier molecular flexibility index (Phi) is 7.33. The molecule has 0 aliphatic heterocycles. The molecule has 1 N–H and O–H groups in total. The first-order valence-corrected chi connectivity index (χ1v) is 12.2. The summed E-state index contributed by atoms with van der Waals surface area (Å²) in [6.07, 6.45) is 1.67. The van der Waals surface area contributed by atoms with Crippen LogP contribution in [0.25, 0.3) is 16.6 Å². The summed E-state index contributed by atoms with van der Waals surface area (Å²) in [5.74, 6) is 0.687. The lowest BCUT2D eigenvalue weighted by atomic mass is 10.0. The van der Waals surface area contributed by atoms with Gasteiger partial charge in [-0.05, 0) is 60.4 Å². The number of ether oxygens (including phenoxy) is 1. The van der Waals surface area contributed by atoms with Crippen LogP contribution in [0.15, 0.2) is 76.7 Å². The van der Waals surface area contributed by atoms with Crippen LogP contribution in [0.1, 0.15) is 25.0 Å². The van der Waals surface area contributed by atoms with E-state index >= 15 is 0 Å². The molecule has 34 heavy (non-hydrogen) atoms. The van der Waals surface area contributed by atoms with E-state index in [-0.39, 0.29) is 17.2 Å². The first kappa shape index (κ1) is 23.6. The van der Waals surface area contributed by atoms with Crippen LogP contribution < -0.4 is 15.6 Å². The first-order valence-electron chi connectivity index (χ1n) is 11.2. The van der Waals surface area contributed by atoms with Crippen molar-refractivity contribution in [1.29, 1.82) is 0 Å². The molecule has 1 amide bonds. The standard InChI is InChI=1S/C27H27N3O3S/c1-4-18-9-8-10-19(5-2)25(18)29-24(31)17-34-27-28-23-12-7-6-11-22(23)26(32)30(27)20-13-15-21(33-3)16-14-20/h6-16H,4-5,17H2,1-3H3,(H,29,31). The van der Waals surface area contributed by atoms with Gasteiger partial charge in [-0.1, -0.05) is 55.9 Å². The van der Waals surface area contributed by atoms with Crippen LogP contribution in [0.2, 0.25) is 0 Å². The highest BCUT2D eigenvalue weighted by molar-refractivity contribution is 7.99. The molecular weight excluding hydrogens is 446 g/mol. The van der Waals surface area contributed by atoms with Crippen LogP contribution in [-0.2, 0) is 17.6 Å². The molecule has 174 valence electrons. The van der Waals surface area contributed by atoms with E-state index in [0.717, 1.165) is 29.7 Å². The summed E-state index contributed by atoms with van der Waals surface area (Å²) in [4.78, 5) is 31.0. The molecule has 0 radical (unpaired) electrons. The Morgan fingerprint density at radius 1 is 0.971 bits per heavy atom. The predicted molar refractivity (Wildman–Crippen MR) is 138 cm³/mol. The topological polar surface area (TPSA) is 73.2 Å². The number of hydrogen-bond acceptors (Lipinski definition) is 5. The number of anilines is 1. The van der Waals surface area contributed by atoms with E-state index in [4.69, 9.17) is 9.72 Å². The minimum atomic E-state index is -0.178. The Labute approximate surface area is 203 Å².